The molecule has 0 spiro atoms. The van der Waals surface area contributed by atoms with Crippen molar-refractivity contribution in [2.45, 2.75) is 44.8 Å². The minimum absolute atomic E-state index is 0.190. The Bertz CT molecular complexity index is 463. The lowest BCUT2D eigenvalue weighted by Crippen LogP contribution is -2.49. The summed E-state index contributed by atoms with van der Waals surface area (Å²) in [6.45, 7) is 5.86. The van der Waals surface area contributed by atoms with Crippen LogP contribution in [0.3, 0.4) is 0 Å². The largest absolute Gasteiger partial charge is 0.326 e. The number of halogens is 1. The van der Waals surface area contributed by atoms with Crippen molar-refractivity contribution in [1.82, 2.24) is 9.80 Å². The predicted molar refractivity (Wildman–Crippen MR) is 83.4 cm³/mol. The van der Waals surface area contributed by atoms with Gasteiger partial charge in [0.15, 0.2) is 0 Å². The predicted octanol–water partition coefficient (Wildman–Crippen LogP) is 2.34. The Balaban J connectivity index is 1.55. The molecule has 1 saturated carbocycles. The van der Waals surface area contributed by atoms with Crippen molar-refractivity contribution in [3.63, 3.8) is 0 Å². The lowest BCUT2D eigenvalue weighted by Gasteiger charge is -2.38. The number of hydrogen-bond donors (Lipinski definition) is 1. The Labute approximate surface area is 126 Å². The molecule has 0 unspecified atom stereocenters. The third-order valence-corrected chi connectivity index (χ3v) is 5.03. The zero-order chi connectivity index (χ0) is 14.7. The van der Waals surface area contributed by atoms with Crippen LogP contribution < -0.4 is 5.73 Å². The average Bonchev–Trinajstić information content (AvgIpc) is 3.04. The first-order chi connectivity index (χ1) is 10.3. The highest BCUT2D eigenvalue weighted by Gasteiger charge is 2.26. The lowest BCUT2D eigenvalue weighted by atomic mass is 10.1. The van der Waals surface area contributed by atoms with Crippen molar-refractivity contribution >= 4 is 0 Å². The van der Waals surface area contributed by atoms with Crippen LogP contribution in [0.1, 0.15) is 36.8 Å². The molecule has 21 heavy (non-hydrogen) atoms. The standard InChI is InChI=1S/C17H26FN3/c18-16-6-5-14(15(11-16)12-19)13-20-7-9-21(10-8-20)17-3-1-2-4-17/h5-6,11,17H,1-4,7-10,12-13,19H2. The van der Waals surface area contributed by atoms with E-state index in [4.69, 9.17) is 5.73 Å². The molecule has 2 fully saturated rings. The maximum Gasteiger partial charge on any atom is 0.123 e. The van der Waals surface area contributed by atoms with Gasteiger partial charge in [0, 0.05) is 45.3 Å². The van der Waals surface area contributed by atoms with E-state index in [0.717, 1.165) is 31.2 Å². The van der Waals surface area contributed by atoms with Crippen molar-refractivity contribution in [3.8, 4) is 0 Å². The van der Waals surface area contributed by atoms with Crippen molar-refractivity contribution in [3.05, 3.63) is 35.1 Å². The van der Waals surface area contributed by atoms with Crippen LogP contribution in [0.25, 0.3) is 0 Å². The zero-order valence-electron chi connectivity index (χ0n) is 12.7. The van der Waals surface area contributed by atoms with Gasteiger partial charge in [-0.3, -0.25) is 9.80 Å². The summed E-state index contributed by atoms with van der Waals surface area (Å²) in [5, 5.41) is 0. The molecular weight excluding hydrogens is 265 g/mol. The molecule has 0 amide bonds. The highest BCUT2D eigenvalue weighted by Crippen LogP contribution is 2.24. The Morgan fingerprint density at radius 3 is 2.43 bits per heavy atom. The smallest absolute Gasteiger partial charge is 0.123 e. The first-order valence-electron chi connectivity index (χ1n) is 8.20. The number of benzene rings is 1. The van der Waals surface area contributed by atoms with Gasteiger partial charge < -0.3 is 5.73 Å². The third kappa shape index (κ3) is 3.62. The summed E-state index contributed by atoms with van der Waals surface area (Å²) in [6.07, 6.45) is 5.57. The number of nitrogens with zero attached hydrogens (tertiary/aromatic N) is 2. The van der Waals surface area contributed by atoms with Crippen LogP contribution in [0.4, 0.5) is 4.39 Å². The Morgan fingerprint density at radius 2 is 1.76 bits per heavy atom. The molecule has 3 nitrogen and oxygen atoms in total. The Kier molecular flexibility index (Phi) is 4.88. The van der Waals surface area contributed by atoms with Crippen LogP contribution in [0.2, 0.25) is 0 Å². The van der Waals surface area contributed by atoms with Gasteiger partial charge in [-0.05, 0) is 36.1 Å². The van der Waals surface area contributed by atoms with E-state index in [9.17, 15) is 4.39 Å². The van der Waals surface area contributed by atoms with Crippen molar-refractivity contribution < 1.29 is 4.39 Å². The Morgan fingerprint density at radius 1 is 1.05 bits per heavy atom. The normalized spacial score (nSPS) is 22.0. The minimum Gasteiger partial charge on any atom is -0.326 e. The van der Waals surface area contributed by atoms with Gasteiger partial charge in [-0.15, -0.1) is 0 Å². The van der Waals surface area contributed by atoms with Crippen molar-refractivity contribution in [1.29, 1.82) is 0 Å². The van der Waals surface area contributed by atoms with Crippen LogP contribution >= 0.6 is 0 Å². The molecule has 1 aromatic carbocycles. The van der Waals surface area contributed by atoms with Crippen molar-refractivity contribution in [2.75, 3.05) is 26.2 Å². The van der Waals surface area contributed by atoms with E-state index in [1.54, 1.807) is 12.1 Å². The summed E-state index contributed by atoms with van der Waals surface area (Å²) in [5.74, 6) is -0.190. The molecule has 1 heterocycles. The topological polar surface area (TPSA) is 32.5 Å². The van der Waals surface area contributed by atoms with Gasteiger partial charge in [0.25, 0.3) is 0 Å². The fraction of sp³-hybridized carbons (Fsp3) is 0.647. The van der Waals surface area contributed by atoms with Crippen LogP contribution in [0, 0.1) is 5.82 Å². The molecule has 0 aromatic heterocycles. The summed E-state index contributed by atoms with van der Waals surface area (Å²) in [6, 6.07) is 5.84. The molecule has 0 atom stereocenters. The number of rotatable bonds is 4. The second-order valence-electron chi connectivity index (χ2n) is 6.37. The summed E-state index contributed by atoms with van der Waals surface area (Å²) in [7, 11) is 0. The molecule has 3 rings (SSSR count). The molecule has 1 aromatic rings. The van der Waals surface area contributed by atoms with Gasteiger partial charge in [0.1, 0.15) is 5.82 Å². The molecule has 116 valence electrons. The highest BCUT2D eigenvalue weighted by molar-refractivity contribution is 5.27. The minimum atomic E-state index is -0.190. The summed E-state index contributed by atoms with van der Waals surface area (Å²) >= 11 is 0. The molecule has 1 aliphatic carbocycles. The molecule has 2 N–H and O–H groups in total. The maximum atomic E-state index is 13.3. The van der Waals surface area contributed by atoms with E-state index in [1.807, 2.05) is 6.07 Å². The Hall–Kier alpha value is -0.970. The lowest BCUT2D eigenvalue weighted by molar-refractivity contribution is 0.0935. The van der Waals surface area contributed by atoms with Gasteiger partial charge in [-0.1, -0.05) is 18.9 Å². The summed E-state index contributed by atoms with van der Waals surface area (Å²) < 4.78 is 13.3. The third-order valence-electron chi connectivity index (χ3n) is 5.03. The average molecular weight is 291 g/mol. The van der Waals surface area contributed by atoms with E-state index in [0.29, 0.717) is 6.54 Å². The second kappa shape index (κ2) is 6.86. The van der Waals surface area contributed by atoms with E-state index < -0.39 is 0 Å². The zero-order valence-corrected chi connectivity index (χ0v) is 12.7. The van der Waals surface area contributed by atoms with Crippen LogP contribution in [0.5, 0.6) is 0 Å². The molecule has 1 aliphatic heterocycles. The van der Waals surface area contributed by atoms with Gasteiger partial charge >= 0.3 is 0 Å². The van der Waals surface area contributed by atoms with E-state index in [-0.39, 0.29) is 5.82 Å². The van der Waals surface area contributed by atoms with Gasteiger partial charge in [-0.2, -0.15) is 0 Å². The molecule has 4 heteroatoms. The molecule has 2 aliphatic rings. The SMILES string of the molecule is NCc1cc(F)ccc1CN1CCN(C2CCCC2)CC1. The molecule has 1 saturated heterocycles. The molecule has 0 radical (unpaired) electrons. The van der Waals surface area contributed by atoms with Gasteiger partial charge in [-0.25, -0.2) is 4.39 Å². The first-order valence-corrected chi connectivity index (χ1v) is 8.20. The molecule has 0 bridgehead atoms. The fourth-order valence-corrected chi connectivity index (χ4v) is 3.74. The van der Waals surface area contributed by atoms with E-state index in [2.05, 4.69) is 9.80 Å². The fourth-order valence-electron chi connectivity index (χ4n) is 3.74. The van der Waals surface area contributed by atoms with E-state index >= 15 is 0 Å². The summed E-state index contributed by atoms with van der Waals surface area (Å²) in [5.41, 5.74) is 7.85. The summed E-state index contributed by atoms with van der Waals surface area (Å²) in [4.78, 5) is 5.13. The number of nitrogens with two attached hydrogens (primary N) is 1. The first kappa shape index (κ1) is 14.9. The van der Waals surface area contributed by atoms with Crippen LogP contribution in [-0.4, -0.2) is 42.0 Å². The highest BCUT2D eigenvalue weighted by atomic mass is 19.1. The van der Waals surface area contributed by atoms with Gasteiger partial charge in [0.2, 0.25) is 0 Å². The number of piperazine rings is 1. The van der Waals surface area contributed by atoms with Crippen molar-refractivity contribution in [2.24, 2.45) is 5.73 Å². The second-order valence-corrected chi connectivity index (χ2v) is 6.37. The quantitative estimate of drug-likeness (QED) is 0.924. The monoisotopic (exact) mass is 291 g/mol. The van der Waals surface area contributed by atoms with Crippen LogP contribution in [-0.2, 0) is 13.1 Å². The number of hydrogen-bond acceptors (Lipinski definition) is 3. The van der Waals surface area contributed by atoms with E-state index in [1.165, 1.54) is 44.3 Å². The maximum absolute atomic E-state index is 13.3. The van der Waals surface area contributed by atoms with Crippen LogP contribution in [0.15, 0.2) is 18.2 Å². The van der Waals surface area contributed by atoms with Gasteiger partial charge in [0.05, 0.1) is 0 Å². The molecular formula is C17H26FN3.